The first-order chi connectivity index (χ1) is 7.38. The lowest BCUT2D eigenvalue weighted by Crippen LogP contribution is -1.95. The minimum Gasteiger partial charge on any atom is -0.121 e. The number of allylic oxidation sites excluding steroid dienone is 2. The first-order valence-electron chi connectivity index (χ1n) is 5.51. The summed E-state index contributed by atoms with van der Waals surface area (Å²) in [6, 6.07) is 8.84. The molecule has 1 heterocycles. The zero-order valence-corrected chi connectivity index (χ0v) is 9.68. The molecular formula is C14H14S. The lowest BCUT2D eigenvalue weighted by molar-refractivity contribution is 1.08. The molecule has 3 rings (SSSR count). The van der Waals surface area contributed by atoms with Crippen LogP contribution in [-0.2, 0) is 6.42 Å². The molecule has 0 fully saturated rings. The molecule has 0 spiro atoms. The van der Waals surface area contributed by atoms with Crippen LogP contribution in [0.3, 0.4) is 0 Å². The van der Waals surface area contributed by atoms with Gasteiger partial charge in [-0.3, -0.25) is 0 Å². The Balaban J connectivity index is 2.01. The largest absolute Gasteiger partial charge is 0.121 e. The normalized spacial score (nSPS) is 22.9. The van der Waals surface area contributed by atoms with Gasteiger partial charge in [0.1, 0.15) is 0 Å². The van der Waals surface area contributed by atoms with Crippen LogP contribution >= 0.6 is 11.8 Å². The topological polar surface area (TPSA) is 0 Å². The van der Waals surface area contributed by atoms with Crippen molar-refractivity contribution >= 4 is 11.8 Å². The van der Waals surface area contributed by atoms with Crippen molar-refractivity contribution in [2.24, 2.45) is 0 Å². The van der Waals surface area contributed by atoms with Gasteiger partial charge in [0.05, 0.1) is 5.25 Å². The van der Waals surface area contributed by atoms with Crippen molar-refractivity contribution in [3.63, 3.8) is 0 Å². The second kappa shape index (κ2) is 3.57. The Kier molecular flexibility index (Phi) is 2.21. The number of rotatable bonds is 1. The van der Waals surface area contributed by atoms with Gasteiger partial charge in [0, 0.05) is 0 Å². The van der Waals surface area contributed by atoms with Gasteiger partial charge in [-0.15, -0.1) is 11.8 Å². The molecule has 76 valence electrons. The Labute approximate surface area is 95.1 Å². The number of hydrogen-bond acceptors (Lipinski definition) is 1. The van der Waals surface area contributed by atoms with Crippen molar-refractivity contribution in [2.75, 3.05) is 0 Å². The summed E-state index contributed by atoms with van der Waals surface area (Å²) in [5.74, 6) is 0. The summed E-state index contributed by atoms with van der Waals surface area (Å²) in [7, 11) is 0. The highest BCUT2D eigenvalue weighted by molar-refractivity contribution is 8.02. The molecule has 1 aliphatic heterocycles. The van der Waals surface area contributed by atoms with Crippen LogP contribution < -0.4 is 0 Å². The standard InChI is InChI=1S/C14H14S/c1-2-10-7-12-8-11-5-3-4-6-13(11)14(12)15-9-10/h3-7,9,14H,2,8H2,1H3. The van der Waals surface area contributed by atoms with E-state index in [-0.39, 0.29) is 0 Å². The molecule has 0 nitrogen and oxygen atoms in total. The van der Waals surface area contributed by atoms with Gasteiger partial charge < -0.3 is 0 Å². The average molecular weight is 214 g/mol. The molecule has 0 saturated carbocycles. The van der Waals surface area contributed by atoms with Crippen LogP contribution in [0.15, 0.2) is 46.9 Å². The lowest BCUT2D eigenvalue weighted by atomic mass is 10.1. The molecule has 1 aromatic carbocycles. The molecule has 0 aromatic heterocycles. The quantitative estimate of drug-likeness (QED) is 0.673. The predicted molar refractivity (Wildman–Crippen MR) is 66.9 cm³/mol. The van der Waals surface area contributed by atoms with Crippen LogP contribution in [0.1, 0.15) is 29.7 Å². The third-order valence-corrected chi connectivity index (χ3v) is 4.47. The van der Waals surface area contributed by atoms with Crippen molar-refractivity contribution in [1.82, 2.24) is 0 Å². The fourth-order valence-electron chi connectivity index (χ4n) is 2.36. The minimum atomic E-state index is 0.608. The van der Waals surface area contributed by atoms with E-state index in [1.807, 2.05) is 11.8 Å². The molecule has 0 bridgehead atoms. The van der Waals surface area contributed by atoms with Crippen molar-refractivity contribution in [2.45, 2.75) is 25.0 Å². The van der Waals surface area contributed by atoms with E-state index in [0.717, 1.165) is 12.8 Å². The monoisotopic (exact) mass is 214 g/mol. The summed E-state index contributed by atoms with van der Waals surface area (Å²) in [6.45, 7) is 2.23. The van der Waals surface area contributed by atoms with Crippen molar-refractivity contribution < 1.29 is 0 Å². The van der Waals surface area contributed by atoms with Crippen LogP contribution in [0.2, 0.25) is 0 Å². The number of thioether (sulfide) groups is 1. The fraction of sp³-hybridized carbons (Fsp3) is 0.286. The molecule has 1 unspecified atom stereocenters. The molecular weight excluding hydrogens is 200 g/mol. The van der Waals surface area contributed by atoms with E-state index < -0.39 is 0 Å². The van der Waals surface area contributed by atoms with Gasteiger partial charge in [-0.1, -0.05) is 37.3 Å². The van der Waals surface area contributed by atoms with Crippen molar-refractivity contribution in [1.29, 1.82) is 0 Å². The van der Waals surface area contributed by atoms with Gasteiger partial charge in [0.15, 0.2) is 0 Å². The predicted octanol–water partition coefficient (Wildman–Crippen LogP) is 4.25. The Bertz CT molecular complexity index is 454. The first kappa shape index (κ1) is 9.29. The van der Waals surface area contributed by atoms with E-state index in [1.54, 1.807) is 5.57 Å². The van der Waals surface area contributed by atoms with Crippen LogP contribution in [-0.4, -0.2) is 0 Å². The van der Waals surface area contributed by atoms with Gasteiger partial charge in [-0.2, -0.15) is 0 Å². The highest BCUT2D eigenvalue weighted by Gasteiger charge is 2.28. The second-order valence-electron chi connectivity index (χ2n) is 4.16. The smallest absolute Gasteiger partial charge is 0.0557 e. The summed E-state index contributed by atoms with van der Waals surface area (Å²) in [5, 5.41) is 2.94. The minimum absolute atomic E-state index is 0.608. The molecule has 1 aliphatic carbocycles. The zero-order chi connectivity index (χ0) is 10.3. The Morgan fingerprint density at radius 1 is 1.33 bits per heavy atom. The van der Waals surface area contributed by atoms with Gasteiger partial charge in [0.25, 0.3) is 0 Å². The fourth-order valence-corrected chi connectivity index (χ4v) is 3.61. The van der Waals surface area contributed by atoms with Crippen LogP contribution in [0.4, 0.5) is 0 Å². The highest BCUT2D eigenvalue weighted by atomic mass is 32.2. The SMILES string of the molecule is CCC1=CSC2C(=C1)Cc1ccccc12. The van der Waals surface area contributed by atoms with Gasteiger partial charge in [0.2, 0.25) is 0 Å². The average Bonchev–Trinajstić information content (AvgIpc) is 2.66. The Morgan fingerprint density at radius 3 is 3.07 bits per heavy atom. The molecule has 0 radical (unpaired) electrons. The van der Waals surface area contributed by atoms with E-state index in [1.165, 1.54) is 16.7 Å². The third-order valence-electron chi connectivity index (χ3n) is 3.20. The van der Waals surface area contributed by atoms with E-state index in [2.05, 4.69) is 42.7 Å². The number of benzene rings is 1. The summed E-state index contributed by atoms with van der Waals surface area (Å²) < 4.78 is 0. The van der Waals surface area contributed by atoms with E-state index in [0.29, 0.717) is 5.25 Å². The van der Waals surface area contributed by atoms with Crippen LogP contribution in [0.5, 0.6) is 0 Å². The number of fused-ring (bicyclic) bond motifs is 3. The van der Waals surface area contributed by atoms with Crippen LogP contribution in [0.25, 0.3) is 0 Å². The molecule has 1 atom stereocenters. The van der Waals surface area contributed by atoms with E-state index >= 15 is 0 Å². The van der Waals surface area contributed by atoms with Gasteiger partial charge in [-0.05, 0) is 40.5 Å². The molecule has 1 heteroatoms. The van der Waals surface area contributed by atoms with E-state index in [9.17, 15) is 0 Å². The molecule has 0 amide bonds. The Hall–Kier alpha value is -0.950. The molecule has 0 N–H and O–H groups in total. The van der Waals surface area contributed by atoms with E-state index in [4.69, 9.17) is 0 Å². The lowest BCUT2D eigenvalue weighted by Gasteiger charge is -2.16. The zero-order valence-electron chi connectivity index (χ0n) is 8.86. The third kappa shape index (κ3) is 1.46. The molecule has 2 aliphatic rings. The maximum absolute atomic E-state index is 2.40. The second-order valence-corrected chi connectivity index (χ2v) is 5.14. The summed E-state index contributed by atoms with van der Waals surface area (Å²) in [6.07, 6.45) is 4.71. The molecule has 1 aromatic rings. The number of hydrogen-bond donors (Lipinski definition) is 0. The van der Waals surface area contributed by atoms with Crippen LogP contribution in [0, 0.1) is 0 Å². The Morgan fingerprint density at radius 2 is 2.20 bits per heavy atom. The maximum atomic E-state index is 2.40. The van der Waals surface area contributed by atoms with Gasteiger partial charge in [-0.25, -0.2) is 0 Å². The molecule has 0 saturated heterocycles. The molecule has 15 heavy (non-hydrogen) atoms. The first-order valence-corrected chi connectivity index (χ1v) is 6.45. The van der Waals surface area contributed by atoms with Gasteiger partial charge >= 0.3 is 0 Å². The van der Waals surface area contributed by atoms with Crippen molar-refractivity contribution in [3.8, 4) is 0 Å². The summed E-state index contributed by atoms with van der Waals surface area (Å²) in [5.41, 5.74) is 6.13. The highest BCUT2D eigenvalue weighted by Crippen LogP contribution is 2.48. The summed E-state index contributed by atoms with van der Waals surface area (Å²) >= 11 is 1.98. The van der Waals surface area contributed by atoms with Crippen molar-refractivity contribution in [3.05, 3.63) is 58.0 Å². The maximum Gasteiger partial charge on any atom is 0.0557 e. The summed E-state index contributed by atoms with van der Waals surface area (Å²) in [4.78, 5) is 0.